The molecule has 98 valence electrons. The summed E-state index contributed by atoms with van der Waals surface area (Å²) < 4.78 is 32.9. The molecule has 0 aliphatic carbocycles. The van der Waals surface area contributed by atoms with Gasteiger partial charge in [-0.2, -0.15) is 0 Å². The van der Waals surface area contributed by atoms with Gasteiger partial charge in [-0.05, 0) is 12.8 Å². The summed E-state index contributed by atoms with van der Waals surface area (Å²) in [5, 5.41) is 2.63. The lowest BCUT2D eigenvalue weighted by molar-refractivity contribution is 0.0300. The first kappa shape index (κ1) is 11.6. The second kappa shape index (κ2) is 4.35. The van der Waals surface area contributed by atoms with Gasteiger partial charge in [0, 0.05) is 26.2 Å². The van der Waals surface area contributed by atoms with E-state index in [4.69, 9.17) is 4.74 Å². The summed E-state index contributed by atoms with van der Waals surface area (Å²) in [5.74, 6) is -1.01. The number of ether oxygens (including phenoxy) is 1. The quantitative estimate of drug-likeness (QED) is 0.874. The second-order valence-electron chi connectivity index (χ2n) is 4.74. The molecule has 4 nitrogen and oxygen atoms in total. The monoisotopic (exact) mass is 255 g/mol. The van der Waals surface area contributed by atoms with Crippen LogP contribution in [0.1, 0.15) is 12.8 Å². The minimum Gasteiger partial charge on any atom is -0.371 e. The standard InChI is InChI=1S/C12H15F2N3O/c1-15-11-9(13)4-10(14)12(16-11)17-5-7-2-3-8(6-17)18-7/h4,7-8H,2-3,5-6H2,1H3,(H,15,16). The lowest BCUT2D eigenvalue weighted by Gasteiger charge is -2.33. The molecule has 6 heteroatoms. The van der Waals surface area contributed by atoms with Crippen molar-refractivity contribution in [3.05, 3.63) is 17.7 Å². The van der Waals surface area contributed by atoms with E-state index < -0.39 is 11.6 Å². The first-order valence-corrected chi connectivity index (χ1v) is 6.11. The van der Waals surface area contributed by atoms with Crippen LogP contribution in [0, 0.1) is 11.6 Å². The molecular formula is C12H15F2N3O. The number of anilines is 2. The maximum Gasteiger partial charge on any atom is 0.168 e. The van der Waals surface area contributed by atoms with E-state index in [-0.39, 0.29) is 23.8 Å². The lowest BCUT2D eigenvalue weighted by Crippen LogP contribution is -2.43. The average Bonchev–Trinajstić information content (AvgIpc) is 2.68. The first-order chi connectivity index (χ1) is 8.67. The zero-order valence-electron chi connectivity index (χ0n) is 10.1. The fourth-order valence-corrected chi connectivity index (χ4v) is 2.64. The fraction of sp³-hybridized carbons (Fsp3) is 0.583. The smallest absolute Gasteiger partial charge is 0.168 e. The average molecular weight is 255 g/mol. The summed E-state index contributed by atoms with van der Waals surface area (Å²) >= 11 is 0. The number of halogens is 2. The minimum absolute atomic E-state index is 0.0743. The molecule has 3 heterocycles. The van der Waals surface area contributed by atoms with E-state index in [2.05, 4.69) is 10.3 Å². The molecule has 2 aliphatic heterocycles. The van der Waals surface area contributed by atoms with Gasteiger partial charge in [0.2, 0.25) is 0 Å². The van der Waals surface area contributed by atoms with Gasteiger partial charge in [0.15, 0.2) is 23.3 Å². The van der Waals surface area contributed by atoms with Crippen molar-refractivity contribution in [3.8, 4) is 0 Å². The Morgan fingerprint density at radius 3 is 2.56 bits per heavy atom. The molecule has 2 aliphatic rings. The highest BCUT2D eigenvalue weighted by Crippen LogP contribution is 2.31. The number of hydrogen-bond acceptors (Lipinski definition) is 4. The molecule has 18 heavy (non-hydrogen) atoms. The Kier molecular flexibility index (Phi) is 2.81. The van der Waals surface area contributed by atoms with Gasteiger partial charge in [-0.3, -0.25) is 0 Å². The normalized spacial score (nSPS) is 26.5. The third-order valence-electron chi connectivity index (χ3n) is 3.49. The number of nitrogens with one attached hydrogen (secondary N) is 1. The number of pyridine rings is 1. The Morgan fingerprint density at radius 2 is 1.94 bits per heavy atom. The van der Waals surface area contributed by atoms with Crippen molar-refractivity contribution < 1.29 is 13.5 Å². The first-order valence-electron chi connectivity index (χ1n) is 6.11. The highest BCUT2D eigenvalue weighted by molar-refractivity contribution is 5.49. The Balaban J connectivity index is 1.91. The molecular weight excluding hydrogens is 240 g/mol. The molecule has 2 saturated heterocycles. The molecule has 1 aromatic rings. The van der Waals surface area contributed by atoms with Crippen LogP contribution in [0.15, 0.2) is 6.07 Å². The van der Waals surface area contributed by atoms with Crippen LogP contribution in [-0.4, -0.2) is 37.3 Å². The summed E-state index contributed by atoms with van der Waals surface area (Å²) in [5.41, 5.74) is 0. The van der Waals surface area contributed by atoms with E-state index in [1.165, 1.54) is 0 Å². The summed E-state index contributed by atoms with van der Waals surface area (Å²) in [6, 6.07) is 0.880. The maximum absolute atomic E-state index is 13.8. The van der Waals surface area contributed by atoms with Gasteiger partial charge < -0.3 is 15.0 Å². The van der Waals surface area contributed by atoms with Crippen molar-refractivity contribution >= 4 is 11.6 Å². The Labute approximate surface area is 104 Å². The number of hydrogen-bond donors (Lipinski definition) is 1. The fourth-order valence-electron chi connectivity index (χ4n) is 2.64. The van der Waals surface area contributed by atoms with E-state index in [1.54, 1.807) is 7.05 Å². The summed E-state index contributed by atoms with van der Waals surface area (Å²) in [6.45, 7) is 1.24. The van der Waals surface area contributed by atoms with E-state index in [0.29, 0.717) is 13.1 Å². The molecule has 0 saturated carbocycles. The number of nitrogens with zero attached hydrogens (tertiary/aromatic N) is 2. The van der Waals surface area contributed by atoms with Crippen LogP contribution in [0.2, 0.25) is 0 Å². The molecule has 2 unspecified atom stereocenters. The minimum atomic E-state index is -0.671. The molecule has 0 amide bonds. The Bertz CT molecular complexity index is 457. The summed E-state index contributed by atoms with van der Waals surface area (Å²) in [7, 11) is 1.57. The van der Waals surface area contributed by atoms with E-state index in [0.717, 1.165) is 18.9 Å². The Morgan fingerprint density at radius 1 is 1.28 bits per heavy atom. The van der Waals surface area contributed by atoms with E-state index >= 15 is 0 Å². The van der Waals surface area contributed by atoms with Crippen LogP contribution in [0.5, 0.6) is 0 Å². The van der Waals surface area contributed by atoms with Crippen molar-refractivity contribution in [1.82, 2.24) is 4.98 Å². The van der Waals surface area contributed by atoms with Gasteiger partial charge in [0.1, 0.15) is 0 Å². The molecule has 0 aromatic carbocycles. The largest absolute Gasteiger partial charge is 0.371 e. The second-order valence-corrected chi connectivity index (χ2v) is 4.74. The van der Waals surface area contributed by atoms with Gasteiger partial charge in [-0.15, -0.1) is 0 Å². The summed E-state index contributed by atoms with van der Waals surface area (Å²) in [6.07, 6.45) is 2.30. The Hall–Kier alpha value is -1.43. The number of morpholine rings is 1. The molecule has 3 rings (SSSR count). The van der Waals surface area contributed by atoms with E-state index in [1.807, 2.05) is 4.90 Å². The van der Waals surface area contributed by atoms with Gasteiger partial charge in [-0.1, -0.05) is 0 Å². The number of fused-ring (bicyclic) bond motifs is 2. The molecule has 1 aromatic heterocycles. The van der Waals surface area contributed by atoms with Crippen LogP contribution in [0.3, 0.4) is 0 Å². The highest BCUT2D eigenvalue weighted by atomic mass is 19.1. The lowest BCUT2D eigenvalue weighted by atomic mass is 10.2. The van der Waals surface area contributed by atoms with Gasteiger partial charge in [-0.25, -0.2) is 13.8 Å². The molecule has 2 atom stereocenters. The van der Waals surface area contributed by atoms with E-state index in [9.17, 15) is 8.78 Å². The predicted octanol–water partition coefficient (Wildman–Crippen LogP) is 1.77. The van der Waals surface area contributed by atoms with Gasteiger partial charge in [0.25, 0.3) is 0 Å². The highest BCUT2D eigenvalue weighted by Gasteiger charge is 2.35. The topological polar surface area (TPSA) is 37.4 Å². The molecule has 2 fully saturated rings. The maximum atomic E-state index is 13.8. The number of rotatable bonds is 2. The predicted molar refractivity (Wildman–Crippen MR) is 63.8 cm³/mol. The van der Waals surface area contributed by atoms with Crippen LogP contribution in [0.25, 0.3) is 0 Å². The zero-order valence-corrected chi connectivity index (χ0v) is 10.1. The van der Waals surface area contributed by atoms with Crippen LogP contribution >= 0.6 is 0 Å². The van der Waals surface area contributed by atoms with Gasteiger partial charge >= 0.3 is 0 Å². The van der Waals surface area contributed by atoms with Crippen LogP contribution in [-0.2, 0) is 4.74 Å². The number of aromatic nitrogens is 1. The van der Waals surface area contributed by atoms with Crippen molar-refractivity contribution in [2.75, 3.05) is 30.4 Å². The third kappa shape index (κ3) is 1.90. The molecule has 0 radical (unpaired) electrons. The molecule has 2 bridgehead atoms. The summed E-state index contributed by atoms with van der Waals surface area (Å²) in [4.78, 5) is 5.87. The van der Waals surface area contributed by atoms with Crippen molar-refractivity contribution in [2.45, 2.75) is 25.0 Å². The third-order valence-corrected chi connectivity index (χ3v) is 3.49. The van der Waals surface area contributed by atoms with Crippen molar-refractivity contribution in [1.29, 1.82) is 0 Å². The van der Waals surface area contributed by atoms with Crippen molar-refractivity contribution in [2.24, 2.45) is 0 Å². The van der Waals surface area contributed by atoms with Crippen LogP contribution in [0.4, 0.5) is 20.4 Å². The van der Waals surface area contributed by atoms with Crippen molar-refractivity contribution in [3.63, 3.8) is 0 Å². The molecule has 1 N–H and O–H groups in total. The molecule has 0 spiro atoms. The van der Waals surface area contributed by atoms with Crippen LogP contribution < -0.4 is 10.2 Å². The zero-order chi connectivity index (χ0) is 12.7. The van der Waals surface area contributed by atoms with Gasteiger partial charge in [0.05, 0.1) is 12.2 Å². The SMILES string of the molecule is CNc1nc(N2CC3CCC(C2)O3)c(F)cc1F.